The van der Waals surface area contributed by atoms with Crippen LogP contribution in [0.4, 0.5) is 4.39 Å². The molecule has 4 aliphatic rings. The number of carbonyl (C=O) groups excluding carboxylic acids is 1. The van der Waals surface area contributed by atoms with E-state index in [4.69, 9.17) is 5.11 Å². The van der Waals surface area contributed by atoms with E-state index in [1.807, 2.05) is 17.0 Å². The molecule has 0 bridgehead atoms. The molecule has 1 aromatic carbocycles. The van der Waals surface area contributed by atoms with Crippen molar-refractivity contribution in [1.82, 2.24) is 15.1 Å². The molecule has 2 unspecified atom stereocenters. The number of benzene rings is 1. The molecular formula is C30H34FN3O3. The number of aliphatic hydroxyl groups excluding tert-OH is 1. The van der Waals surface area contributed by atoms with Crippen LogP contribution in [0, 0.1) is 17.2 Å². The van der Waals surface area contributed by atoms with Crippen molar-refractivity contribution in [3.63, 3.8) is 0 Å². The van der Waals surface area contributed by atoms with Gasteiger partial charge >= 0.3 is 0 Å². The number of rotatable bonds is 8. The van der Waals surface area contributed by atoms with E-state index in [1.165, 1.54) is 17.7 Å². The lowest BCUT2D eigenvalue weighted by Crippen LogP contribution is -2.49. The molecule has 3 N–H and O–H groups in total. The first-order valence-electron chi connectivity index (χ1n) is 13.5. The number of carbonyl (C=O) groups is 1. The van der Waals surface area contributed by atoms with Gasteiger partial charge in [0.15, 0.2) is 0 Å². The Morgan fingerprint density at radius 3 is 2.78 bits per heavy atom. The van der Waals surface area contributed by atoms with Crippen LogP contribution < -0.4 is 5.32 Å². The van der Waals surface area contributed by atoms with Crippen LogP contribution in [0.3, 0.4) is 0 Å². The maximum absolute atomic E-state index is 13.5. The third kappa shape index (κ3) is 4.09. The summed E-state index contributed by atoms with van der Waals surface area (Å²) in [4.78, 5) is 12.7. The summed E-state index contributed by atoms with van der Waals surface area (Å²) < 4.78 is 15.4. The largest absolute Gasteiger partial charge is 0.395 e. The van der Waals surface area contributed by atoms with Crippen molar-refractivity contribution in [3.05, 3.63) is 76.4 Å². The van der Waals surface area contributed by atoms with Gasteiger partial charge < -0.3 is 15.5 Å². The van der Waals surface area contributed by atoms with Crippen molar-refractivity contribution in [2.45, 2.75) is 63.4 Å². The van der Waals surface area contributed by atoms with E-state index in [-0.39, 0.29) is 30.3 Å². The van der Waals surface area contributed by atoms with Crippen molar-refractivity contribution in [2.75, 3.05) is 13.2 Å². The number of fused-ring (bicyclic) bond motifs is 2. The third-order valence-electron chi connectivity index (χ3n) is 8.97. The molecule has 2 atom stereocenters. The van der Waals surface area contributed by atoms with Crippen molar-refractivity contribution in [2.24, 2.45) is 11.3 Å². The van der Waals surface area contributed by atoms with Gasteiger partial charge in [-0.25, -0.2) is 9.07 Å². The number of nitrogens with zero attached hydrogens (tertiary/aromatic N) is 2. The van der Waals surface area contributed by atoms with Gasteiger partial charge in [0.05, 0.1) is 29.8 Å². The molecule has 2 aromatic rings. The molecule has 0 spiro atoms. The number of aromatic nitrogens is 2. The number of hydrogen-bond donors (Lipinski definition) is 3. The van der Waals surface area contributed by atoms with Gasteiger partial charge in [-0.05, 0) is 105 Å². The minimum Gasteiger partial charge on any atom is -0.395 e. The van der Waals surface area contributed by atoms with Crippen LogP contribution in [0.15, 0.2) is 59.3 Å². The van der Waals surface area contributed by atoms with Gasteiger partial charge in [-0.3, -0.25) is 4.79 Å². The minimum atomic E-state index is -0.847. The number of nitrogens with one attached hydrogen (secondary N) is 1. The Kier molecular flexibility index (Phi) is 6.16. The molecule has 1 heterocycles. The average Bonchev–Trinajstić information content (AvgIpc) is 3.63. The Hall–Kier alpha value is -3.03. The van der Waals surface area contributed by atoms with Gasteiger partial charge in [0.2, 0.25) is 5.91 Å². The van der Waals surface area contributed by atoms with Crippen LogP contribution >= 0.6 is 0 Å². The summed E-state index contributed by atoms with van der Waals surface area (Å²) >= 11 is 0. The van der Waals surface area contributed by atoms with Crippen LogP contribution in [0.1, 0.15) is 62.6 Å². The lowest BCUT2D eigenvalue weighted by atomic mass is 9.61. The minimum absolute atomic E-state index is 0.0807. The lowest BCUT2D eigenvalue weighted by molar-refractivity contribution is -0.117. The van der Waals surface area contributed by atoms with Crippen LogP contribution in [0.5, 0.6) is 0 Å². The molecule has 4 aliphatic carbocycles. The number of allylic oxidation sites excluding steroid dienone is 3. The number of hydrogen-bond acceptors (Lipinski definition) is 4. The van der Waals surface area contributed by atoms with Gasteiger partial charge in [0.25, 0.3) is 0 Å². The second kappa shape index (κ2) is 9.37. The van der Waals surface area contributed by atoms with Crippen molar-refractivity contribution in [3.8, 4) is 5.69 Å². The molecule has 7 heteroatoms. The molecule has 6 rings (SSSR count). The fourth-order valence-electron chi connectivity index (χ4n) is 7.04. The third-order valence-corrected chi connectivity index (χ3v) is 8.97. The number of halogens is 1. The fourth-order valence-corrected chi connectivity index (χ4v) is 7.04. The highest BCUT2D eigenvalue weighted by molar-refractivity contribution is 5.95. The zero-order chi connectivity index (χ0) is 25.6. The monoisotopic (exact) mass is 503 g/mol. The number of amides is 1. The van der Waals surface area contributed by atoms with Crippen molar-refractivity contribution >= 4 is 12.0 Å². The SMILES string of the molecule is O=C(NCCO)C1=C(CCC2(O)CCC3=Cc4c(cnn4-c4ccc(F)cc4)CC32C2CC2)C=CCC1. The molecule has 1 aromatic heterocycles. The first kappa shape index (κ1) is 24.3. The Labute approximate surface area is 216 Å². The predicted octanol–water partition coefficient (Wildman–Crippen LogP) is 4.41. The maximum Gasteiger partial charge on any atom is 0.247 e. The van der Waals surface area contributed by atoms with Gasteiger partial charge in [0.1, 0.15) is 5.82 Å². The summed E-state index contributed by atoms with van der Waals surface area (Å²) in [5, 5.41) is 28.9. The summed E-state index contributed by atoms with van der Waals surface area (Å²) in [5.74, 6) is 0.0743. The Morgan fingerprint density at radius 1 is 1.22 bits per heavy atom. The molecule has 0 radical (unpaired) electrons. The van der Waals surface area contributed by atoms with E-state index in [9.17, 15) is 14.3 Å². The molecule has 6 nitrogen and oxygen atoms in total. The van der Waals surface area contributed by atoms with Crippen molar-refractivity contribution < 1.29 is 19.4 Å². The molecule has 2 fully saturated rings. The van der Waals surface area contributed by atoms with Gasteiger partial charge in [-0.15, -0.1) is 0 Å². The average molecular weight is 504 g/mol. The van der Waals surface area contributed by atoms with Gasteiger partial charge in [-0.1, -0.05) is 17.7 Å². The predicted molar refractivity (Wildman–Crippen MR) is 139 cm³/mol. The normalized spacial score (nSPS) is 26.6. The van der Waals surface area contributed by atoms with Crippen LogP contribution in [-0.4, -0.2) is 44.7 Å². The lowest BCUT2D eigenvalue weighted by Gasteiger charge is -2.46. The highest BCUT2D eigenvalue weighted by atomic mass is 19.1. The molecule has 0 aliphatic heterocycles. The zero-order valence-electron chi connectivity index (χ0n) is 21.0. The molecule has 194 valence electrons. The molecule has 2 saturated carbocycles. The van der Waals surface area contributed by atoms with Crippen molar-refractivity contribution in [1.29, 1.82) is 0 Å². The summed E-state index contributed by atoms with van der Waals surface area (Å²) in [6.07, 6.45) is 15.6. The van der Waals surface area contributed by atoms with E-state index >= 15 is 0 Å². The van der Waals surface area contributed by atoms with E-state index in [0.29, 0.717) is 31.6 Å². The highest BCUT2D eigenvalue weighted by Crippen LogP contribution is 2.66. The van der Waals surface area contributed by atoms with E-state index in [1.54, 1.807) is 12.1 Å². The number of aliphatic hydroxyl groups is 2. The van der Waals surface area contributed by atoms with Gasteiger partial charge in [-0.2, -0.15) is 5.10 Å². The maximum atomic E-state index is 13.5. The van der Waals surface area contributed by atoms with Gasteiger partial charge in [0, 0.05) is 17.5 Å². The molecular weight excluding hydrogens is 469 g/mol. The van der Waals surface area contributed by atoms with E-state index < -0.39 is 5.60 Å². The standard InChI is InChI=1S/C30H34FN3O3/c31-24-7-9-25(10-8-24)34-27-17-23-12-14-29(37,30(23,22-5-6-22)18-21(27)19-33-34)13-11-20-3-1-2-4-26(20)28(36)32-15-16-35/h1,3,7-10,17,19,22,35,37H,2,4-6,11-16,18H2,(H,32,36). The second-order valence-electron chi connectivity index (χ2n) is 11.0. The Bertz CT molecular complexity index is 1300. The summed E-state index contributed by atoms with van der Waals surface area (Å²) in [7, 11) is 0. The molecule has 1 amide bonds. The summed E-state index contributed by atoms with van der Waals surface area (Å²) in [6.45, 7) is 0.166. The Morgan fingerprint density at radius 2 is 2.03 bits per heavy atom. The molecule has 0 saturated heterocycles. The fraction of sp³-hybridized carbons (Fsp3) is 0.467. The van der Waals surface area contributed by atoms with Crippen LogP contribution in [0.25, 0.3) is 11.8 Å². The highest BCUT2D eigenvalue weighted by Gasteiger charge is 2.63. The molecule has 37 heavy (non-hydrogen) atoms. The Balaban J connectivity index is 1.30. The van der Waals surface area contributed by atoms with E-state index in [2.05, 4.69) is 22.6 Å². The topological polar surface area (TPSA) is 87.4 Å². The summed E-state index contributed by atoms with van der Waals surface area (Å²) in [6, 6.07) is 6.40. The quantitative estimate of drug-likeness (QED) is 0.498. The van der Waals surface area contributed by atoms with Crippen LogP contribution in [0.2, 0.25) is 0 Å². The first-order chi connectivity index (χ1) is 17.9. The van der Waals surface area contributed by atoms with E-state index in [0.717, 1.165) is 60.2 Å². The first-order valence-corrected chi connectivity index (χ1v) is 13.5. The van der Waals surface area contributed by atoms with Crippen LogP contribution in [-0.2, 0) is 11.2 Å². The second-order valence-corrected chi connectivity index (χ2v) is 11.0. The summed E-state index contributed by atoms with van der Waals surface area (Å²) in [5.41, 5.74) is 4.93. The zero-order valence-corrected chi connectivity index (χ0v) is 21.0. The smallest absolute Gasteiger partial charge is 0.247 e.